The minimum Gasteiger partial charge on any atom is -0.393 e. The van der Waals surface area contributed by atoms with Crippen LogP contribution in [0.3, 0.4) is 0 Å². The molecule has 6 heteroatoms. The van der Waals surface area contributed by atoms with Gasteiger partial charge in [-0.3, -0.25) is 4.90 Å². The first kappa shape index (κ1) is 13.4. The number of hydrogen-bond acceptors (Lipinski definition) is 4. The van der Waals surface area contributed by atoms with Crippen molar-refractivity contribution in [2.45, 2.75) is 39.8 Å². The molecule has 5 nitrogen and oxygen atoms in total. The molecule has 0 saturated carbocycles. The molecule has 0 aromatic carbocycles. The molecule has 2 rings (SSSR count). The molecule has 0 spiro atoms. The zero-order valence-electron chi connectivity index (χ0n) is 11.1. The molecule has 18 heavy (non-hydrogen) atoms. The third-order valence-corrected chi connectivity index (χ3v) is 4.21. The van der Waals surface area contributed by atoms with E-state index >= 15 is 0 Å². The van der Waals surface area contributed by atoms with Gasteiger partial charge in [-0.1, -0.05) is 26.1 Å². The highest BCUT2D eigenvalue weighted by molar-refractivity contribution is 7.80. The van der Waals surface area contributed by atoms with Crippen molar-refractivity contribution in [1.82, 2.24) is 19.7 Å². The summed E-state index contributed by atoms with van der Waals surface area (Å²) in [5.74, 6) is 1.06. The van der Waals surface area contributed by atoms with Crippen LogP contribution in [0, 0.1) is 5.41 Å². The summed E-state index contributed by atoms with van der Waals surface area (Å²) < 4.78 is 2.12. The molecule has 1 aromatic rings. The molecule has 0 aliphatic carbocycles. The molecular weight excluding hydrogens is 246 g/mol. The van der Waals surface area contributed by atoms with Crippen LogP contribution in [-0.4, -0.2) is 37.7 Å². The standard InChI is InChI=1S/C12H21N5S/c1-12(2,11(13)18)4-3-5-16-6-7-17-9-14-15-10(17)8-16/h9H,3-8H2,1-2H3,(H2,13,18). The zero-order chi connectivity index (χ0) is 13.2. The molecule has 1 aliphatic heterocycles. The van der Waals surface area contributed by atoms with Gasteiger partial charge in [0.1, 0.15) is 12.2 Å². The first-order valence-corrected chi connectivity index (χ1v) is 6.79. The van der Waals surface area contributed by atoms with Crippen LogP contribution in [0.1, 0.15) is 32.5 Å². The fourth-order valence-corrected chi connectivity index (χ4v) is 2.28. The normalized spacial score (nSPS) is 16.6. The van der Waals surface area contributed by atoms with E-state index in [1.165, 1.54) is 0 Å². The quantitative estimate of drug-likeness (QED) is 0.812. The maximum absolute atomic E-state index is 5.74. The average molecular weight is 267 g/mol. The van der Waals surface area contributed by atoms with Crippen molar-refractivity contribution in [3.8, 4) is 0 Å². The number of thiocarbonyl (C=S) groups is 1. The Balaban J connectivity index is 1.78. The van der Waals surface area contributed by atoms with E-state index in [9.17, 15) is 0 Å². The van der Waals surface area contributed by atoms with Crippen molar-refractivity contribution in [1.29, 1.82) is 0 Å². The number of hydrogen-bond donors (Lipinski definition) is 1. The summed E-state index contributed by atoms with van der Waals surface area (Å²) in [6.07, 6.45) is 3.95. The van der Waals surface area contributed by atoms with Crippen LogP contribution in [-0.2, 0) is 13.1 Å². The van der Waals surface area contributed by atoms with Gasteiger partial charge in [-0.2, -0.15) is 0 Å². The highest BCUT2D eigenvalue weighted by atomic mass is 32.1. The van der Waals surface area contributed by atoms with Gasteiger partial charge in [0.05, 0.1) is 11.5 Å². The summed E-state index contributed by atoms with van der Waals surface area (Å²) in [6.45, 7) is 8.25. The maximum atomic E-state index is 5.74. The van der Waals surface area contributed by atoms with Crippen molar-refractivity contribution in [2.75, 3.05) is 13.1 Å². The molecule has 2 N–H and O–H groups in total. The van der Waals surface area contributed by atoms with Gasteiger partial charge >= 0.3 is 0 Å². The second-order valence-electron chi connectivity index (χ2n) is 5.57. The van der Waals surface area contributed by atoms with E-state index in [0.717, 1.165) is 44.8 Å². The summed E-state index contributed by atoms with van der Waals surface area (Å²) in [5.41, 5.74) is 5.70. The van der Waals surface area contributed by atoms with Crippen LogP contribution in [0.2, 0.25) is 0 Å². The van der Waals surface area contributed by atoms with Gasteiger partial charge in [0.25, 0.3) is 0 Å². The number of nitrogens with zero attached hydrogens (tertiary/aromatic N) is 4. The van der Waals surface area contributed by atoms with Crippen molar-refractivity contribution < 1.29 is 0 Å². The van der Waals surface area contributed by atoms with E-state index in [1.807, 2.05) is 6.33 Å². The molecule has 1 aliphatic rings. The zero-order valence-corrected chi connectivity index (χ0v) is 11.9. The van der Waals surface area contributed by atoms with E-state index < -0.39 is 0 Å². The molecule has 100 valence electrons. The summed E-state index contributed by atoms with van der Waals surface area (Å²) in [5, 5.41) is 8.06. The molecule has 0 radical (unpaired) electrons. The third kappa shape index (κ3) is 3.05. The van der Waals surface area contributed by atoms with Crippen LogP contribution >= 0.6 is 12.2 Å². The highest BCUT2D eigenvalue weighted by Gasteiger charge is 2.22. The molecule has 2 heterocycles. The summed E-state index contributed by atoms with van der Waals surface area (Å²) >= 11 is 5.08. The van der Waals surface area contributed by atoms with Gasteiger partial charge < -0.3 is 10.3 Å². The summed E-state index contributed by atoms with van der Waals surface area (Å²) in [4.78, 5) is 3.03. The van der Waals surface area contributed by atoms with E-state index in [2.05, 4.69) is 33.5 Å². The van der Waals surface area contributed by atoms with E-state index in [1.54, 1.807) is 0 Å². The topological polar surface area (TPSA) is 60.0 Å². The molecule has 1 aromatic heterocycles. The van der Waals surface area contributed by atoms with Gasteiger partial charge in [-0.05, 0) is 19.4 Å². The minimum absolute atomic E-state index is 0.0366. The first-order chi connectivity index (χ1) is 8.49. The fraction of sp³-hybridized carbons (Fsp3) is 0.750. The smallest absolute Gasteiger partial charge is 0.147 e. The predicted molar refractivity (Wildman–Crippen MR) is 75.1 cm³/mol. The Morgan fingerprint density at radius 3 is 3.00 bits per heavy atom. The second kappa shape index (κ2) is 5.32. The van der Waals surface area contributed by atoms with Crippen LogP contribution in [0.25, 0.3) is 0 Å². The lowest BCUT2D eigenvalue weighted by molar-refractivity contribution is 0.207. The largest absolute Gasteiger partial charge is 0.393 e. The van der Waals surface area contributed by atoms with Crippen molar-refractivity contribution >= 4 is 17.2 Å². The van der Waals surface area contributed by atoms with Crippen LogP contribution in [0.4, 0.5) is 0 Å². The number of fused-ring (bicyclic) bond motifs is 1. The van der Waals surface area contributed by atoms with Gasteiger partial charge in [0, 0.05) is 18.5 Å². The number of rotatable bonds is 5. The lowest BCUT2D eigenvalue weighted by atomic mass is 9.88. The van der Waals surface area contributed by atoms with Crippen LogP contribution in [0.5, 0.6) is 0 Å². The molecule has 0 saturated heterocycles. The molecule has 0 amide bonds. The van der Waals surface area contributed by atoms with E-state index in [0.29, 0.717) is 4.99 Å². The van der Waals surface area contributed by atoms with Crippen molar-refractivity contribution in [3.63, 3.8) is 0 Å². The average Bonchev–Trinajstić information content (AvgIpc) is 2.75. The third-order valence-electron chi connectivity index (χ3n) is 3.66. The summed E-state index contributed by atoms with van der Waals surface area (Å²) in [6, 6.07) is 0. The molecule has 0 unspecified atom stereocenters. The van der Waals surface area contributed by atoms with Crippen LogP contribution in [0.15, 0.2) is 6.33 Å². The lowest BCUT2D eigenvalue weighted by Gasteiger charge is -2.29. The SMILES string of the molecule is CC(C)(CCCN1CCn2cnnc2C1)C(N)=S. The Bertz CT molecular complexity index is 426. The van der Waals surface area contributed by atoms with E-state index in [4.69, 9.17) is 18.0 Å². The van der Waals surface area contributed by atoms with Crippen molar-refractivity contribution in [3.05, 3.63) is 12.2 Å². The van der Waals surface area contributed by atoms with E-state index in [-0.39, 0.29) is 5.41 Å². The van der Waals surface area contributed by atoms with Gasteiger partial charge in [-0.25, -0.2) is 0 Å². The highest BCUT2D eigenvalue weighted by Crippen LogP contribution is 2.23. The Labute approximate surface area is 113 Å². The Morgan fingerprint density at radius 1 is 1.50 bits per heavy atom. The minimum atomic E-state index is -0.0366. The monoisotopic (exact) mass is 267 g/mol. The molecule has 0 fully saturated rings. The number of nitrogens with two attached hydrogens (primary N) is 1. The second-order valence-corrected chi connectivity index (χ2v) is 6.01. The first-order valence-electron chi connectivity index (χ1n) is 6.38. The van der Waals surface area contributed by atoms with Crippen LogP contribution < -0.4 is 5.73 Å². The summed E-state index contributed by atoms with van der Waals surface area (Å²) in [7, 11) is 0. The molecule has 0 atom stereocenters. The van der Waals surface area contributed by atoms with Gasteiger partial charge in [-0.15, -0.1) is 10.2 Å². The Kier molecular flexibility index (Phi) is 3.97. The predicted octanol–water partition coefficient (Wildman–Crippen LogP) is 1.19. The fourth-order valence-electron chi connectivity index (χ4n) is 2.18. The van der Waals surface area contributed by atoms with Crippen molar-refractivity contribution in [2.24, 2.45) is 11.1 Å². The maximum Gasteiger partial charge on any atom is 0.147 e. The molecular formula is C12H21N5S. The Hall–Kier alpha value is -1.01. The number of aromatic nitrogens is 3. The van der Waals surface area contributed by atoms with Gasteiger partial charge in [0.2, 0.25) is 0 Å². The van der Waals surface area contributed by atoms with Gasteiger partial charge in [0.15, 0.2) is 0 Å². The molecule has 0 bridgehead atoms. The lowest BCUT2D eigenvalue weighted by Crippen LogP contribution is -2.35. The Morgan fingerprint density at radius 2 is 2.28 bits per heavy atom.